The summed E-state index contributed by atoms with van der Waals surface area (Å²) in [5.41, 5.74) is 15.0. The van der Waals surface area contributed by atoms with Gasteiger partial charge in [0.2, 0.25) is 0 Å². The summed E-state index contributed by atoms with van der Waals surface area (Å²) in [6.07, 6.45) is 1.85. The standard InChI is InChI=1S/C31H26N2O.Pd/c1-5-24-18(3)28-15-21-13-20(26-9-7-8-10-27(21)26)14-22-11-12-23(34-22)16-29-19(4)25(6-2)31(33-29)17-30(24)32-28;/h7-12,14-17H,5-6H2,1-4H3;/q-2;+2. The van der Waals surface area contributed by atoms with Gasteiger partial charge in [0, 0.05) is 5.69 Å². The molecule has 6 rings (SSSR count). The average molecular weight is 549 g/mol. The first-order valence-corrected chi connectivity index (χ1v) is 12.0. The Labute approximate surface area is 219 Å². The Balaban J connectivity index is 0.00000253. The number of furan rings is 1. The fourth-order valence-corrected chi connectivity index (χ4v) is 5.20. The Hall–Kier alpha value is -3.19. The van der Waals surface area contributed by atoms with Gasteiger partial charge in [0.25, 0.3) is 0 Å². The van der Waals surface area contributed by atoms with Gasteiger partial charge >= 0.3 is 20.4 Å². The van der Waals surface area contributed by atoms with E-state index < -0.39 is 0 Å². The van der Waals surface area contributed by atoms with Crippen molar-refractivity contribution in [2.24, 2.45) is 0 Å². The summed E-state index contributed by atoms with van der Waals surface area (Å²) in [6, 6.07) is 24.5. The van der Waals surface area contributed by atoms with E-state index in [1.807, 2.05) is 18.2 Å². The van der Waals surface area contributed by atoms with Crippen LogP contribution in [0, 0.1) is 13.0 Å². The van der Waals surface area contributed by atoms with E-state index in [1.165, 1.54) is 27.8 Å². The van der Waals surface area contributed by atoms with Crippen molar-refractivity contribution >= 4 is 33.3 Å². The molecule has 0 saturated carbocycles. The van der Waals surface area contributed by atoms with Crippen molar-refractivity contribution in [3.63, 3.8) is 0 Å². The fraction of sp³-hybridized carbons (Fsp3) is 0.194. The Morgan fingerprint density at radius 2 is 1.49 bits per heavy atom. The topological polar surface area (TPSA) is 40.1 Å². The van der Waals surface area contributed by atoms with Gasteiger partial charge in [0.15, 0.2) is 0 Å². The number of hydrogen-bond acceptors (Lipinski definition) is 2. The van der Waals surface area contributed by atoms with Crippen LogP contribution >= 0.6 is 0 Å². The maximum Gasteiger partial charge on any atom is 2.00 e. The van der Waals surface area contributed by atoms with Crippen LogP contribution in [0.25, 0.3) is 55.6 Å². The summed E-state index contributed by atoms with van der Waals surface area (Å²) < 4.78 is 6.17. The number of benzene rings is 1. The van der Waals surface area contributed by atoms with Gasteiger partial charge in [0.1, 0.15) is 5.58 Å². The van der Waals surface area contributed by atoms with E-state index in [1.54, 1.807) is 0 Å². The number of rotatable bonds is 2. The molecule has 0 radical (unpaired) electrons. The molecule has 0 fully saturated rings. The number of nitrogens with zero attached hydrogens (tertiary/aromatic N) is 2. The summed E-state index contributed by atoms with van der Waals surface area (Å²) in [7, 11) is 0. The number of fused-ring (bicyclic) bond motifs is 11. The van der Waals surface area contributed by atoms with Crippen LogP contribution in [0.3, 0.4) is 0 Å². The molecule has 3 nitrogen and oxygen atoms in total. The molecular formula is C31H26N2OPd. The molecule has 0 unspecified atom stereocenters. The predicted molar refractivity (Wildman–Crippen MR) is 140 cm³/mol. The monoisotopic (exact) mass is 548 g/mol. The molecule has 0 atom stereocenters. The van der Waals surface area contributed by atoms with E-state index in [4.69, 9.17) is 14.4 Å². The zero-order valence-electron chi connectivity index (χ0n) is 20.3. The van der Waals surface area contributed by atoms with Gasteiger partial charge in [-0.05, 0) is 56.0 Å². The summed E-state index contributed by atoms with van der Waals surface area (Å²) >= 11 is 0. The van der Waals surface area contributed by atoms with Gasteiger partial charge in [-0.2, -0.15) is 0 Å². The van der Waals surface area contributed by atoms with Crippen LogP contribution in [0.5, 0.6) is 0 Å². The molecule has 8 bridgehead atoms. The summed E-state index contributed by atoms with van der Waals surface area (Å²) in [4.78, 5) is 10.1. The summed E-state index contributed by atoms with van der Waals surface area (Å²) in [5, 5.41) is 0. The van der Waals surface area contributed by atoms with Gasteiger partial charge in [-0.25, -0.2) is 0 Å². The van der Waals surface area contributed by atoms with Crippen LogP contribution in [0.1, 0.15) is 49.7 Å². The molecule has 1 aliphatic carbocycles. The predicted octanol–water partition coefficient (Wildman–Crippen LogP) is 8.16. The third-order valence-corrected chi connectivity index (χ3v) is 7.03. The van der Waals surface area contributed by atoms with Gasteiger partial charge in [0.05, 0.1) is 11.3 Å². The van der Waals surface area contributed by atoms with E-state index in [2.05, 4.69) is 76.2 Å². The van der Waals surface area contributed by atoms with Crippen molar-refractivity contribution in [2.75, 3.05) is 0 Å². The Bertz CT molecular complexity index is 1650. The van der Waals surface area contributed by atoms with Crippen molar-refractivity contribution in [3.8, 4) is 22.3 Å². The van der Waals surface area contributed by atoms with Gasteiger partial charge in [-0.15, -0.1) is 39.4 Å². The van der Waals surface area contributed by atoms with Gasteiger partial charge < -0.3 is 9.40 Å². The number of aromatic nitrogens is 2. The molecular weight excluding hydrogens is 523 g/mol. The maximum absolute atomic E-state index is 6.17. The zero-order chi connectivity index (χ0) is 23.4. The first-order valence-electron chi connectivity index (χ1n) is 12.0. The van der Waals surface area contributed by atoms with Crippen LogP contribution in [0.15, 0.2) is 65.1 Å². The molecule has 35 heavy (non-hydrogen) atoms. The van der Waals surface area contributed by atoms with E-state index >= 15 is 0 Å². The van der Waals surface area contributed by atoms with Gasteiger partial charge in [-0.3, -0.25) is 4.98 Å². The Morgan fingerprint density at radius 1 is 0.800 bits per heavy atom. The zero-order valence-corrected chi connectivity index (χ0v) is 21.9. The SMILES string of the molecule is CCC1=C(C)c2cc3[c-]c(cc4ccc(cc5[n-]c(cc1n2)c(CC)c5C)o4)-c1ccccc1-3.[Pd+2]. The smallest absolute Gasteiger partial charge is 0.657 e. The number of hydrogen-bond donors (Lipinski definition) is 0. The van der Waals surface area contributed by atoms with E-state index in [9.17, 15) is 0 Å². The largest absolute Gasteiger partial charge is 2.00 e. The van der Waals surface area contributed by atoms with Gasteiger partial charge in [-0.1, -0.05) is 67.4 Å². The minimum atomic E-state index is 0. The Morgan fingerprint density at radius 3 is 2.17 bits per heavy atom. The van der Waals surface area contributed by atoms with Crippen molar-refractivity contribution in [1.29, 1.82) is 0 Å². The second kappa shape index (κ2) is 9.12. The maximum atomic E-state index is 6.17. The molecule has 176 valence electrons. The molecule has 0 N–H and O–H groups in total. The first kappa shape index (κ1) is 23.5. The molecule has 1 aromatic carbocycles. The van der Waals surface area contributed by atoms with Crippen LogP contribution in [-0.4, -0.2) is 4.98 Å². The third kappa shape index (κ3) is 3.92. The minimum absolute atomic E-state index is 0. The molecule has 4 aromatic rings. The molecule has 0 amide bonds. The normalized spacial score (nSPS) is 12.5. The minimum Gasteiger partial charge on any atom is -0.657 e. The van der Waals surface area contributed by atoms with Crippen LogP contribution in [0.4, 0.5) is 0 Å². The van der Waals surface area contributed by atoms with Crippen LogP contribution in [-0.2, 0) is 26.8 Å². The van der Waals surface area contributed by atoms with Crippen molar-refractivity contribution in [1.82, 2.24) is 9.97 Å². The fourth-order valence-electron chi connectivity index (χ4n) is 5.20. The molecule has 1 aliphatic heterocycles. The molecule has 3 aromatic heterocycles. The first-order chi connectivity index (χ1) is 16.6. The van der Waals surface area contributed by atoms with E-state index in [-0.39, 0.29) is 20.4 Å². The number of aryl methyl sites for hydroxylation is 2. The molecule has 2 aliphatic rings. The average Bonchev–Trinajstić information content (AvgIpc) is 3.56. The van der Waals surface area contributed by atoms with Crippen molar-refractivity contribution < 1.29 is 24.8 Å². The van der Waals surface area contributed by atoms with Crippen LogP contribution in [0.2, 0.25) is 0 Å². The molecule has 0 spiro atoms. The number of allylic oxidation sites excluding steroid dienone is 2. The third-order valence-electron chi connectivity index (χ3n) is 7.03. The second-order valence-electron chi connectivity index (χ2n) is 8.99. The van der Waals surface area contributed by atoms with Crippen molar-refractivity contribution in [2.45, 2.75) is 40.5 Å². The van der Waals surface area contributed by atoms with Crippen molar-refractivity contribution in [3.05, 3.63) is 89.2 Å². The second-order valence-corrected chi connectivity index (χ2v) is 8.99. The molecule has 0 saturated heterocycles. The molecule has 4 heterocycles. The Kier molecular flexibility index (Phi) is 6.13. The van der Waals surface area contributed by atoms with E-state index in [0.29, 0.717) is 0 Å². The van der Waals surface area contributed by atoms with E-state index in [0.717, 1.165) is 63.1 Å². The molecule has 4 heteroatoms. The summed E-state index contributed by atoms with van der Waals surface area (Å²) in [6.45, 7) is 8.71. The summed E-state index contributed by atoms with van der Waals surface area (Å²) in [5.74, 6) is 0. The quantitative estimate of drug-likeness (QED) is 0.165. The van der Waals surface area contributed by atoms with Crippen LogP contribution < -0.4 is 4.98 Å².